The van der Waals surface area contributed by atoms with Crippen LogP contribution in [0.15, 0.2) is 0 Å². The van der Waals surface area contributed by atoms with Gasteiger partial charge in [-0.2, -0.15) is 0 Å². The lowest BCUT2D eigenvalue weighted by atomic mass is 9.91. The fraction of sp³-hybridized carbons (Fsp3) is 1.00. The summed E-state index contributed by atoms with van der Waals surface area (Å²) in [4.78, 5) is 2.79. The van der Waals surface area contributed by atoms with Crippen molar-refractivity contribution in [3.63, 3.8) is 0 Å². The zero-order chi connectivity index (χ0) is 12.3. The van der Waals surface area contributed by atoms with Gasteiger partial charge >= 0.3 is 0 Å². The van der Waals surface area contributed by atoms with E-state index < -0.39 is 0 Å². The van der Waals surface area contributed by atoms with Crippen molar-refractivity contribution in [2.45, 2.75) is 70.9 Å². The van der Waals surface area contributed by atoms with Crippen LogP contribution in [0.25, 0.3) is 0 Å². The summed E-state index contributed by atoms with van der Waals surface area (Å²) in [6.07, 6.45) is 8.42. The molecule has 0 amide bonds. The summed E-state index contributed by atoms with van der Waals surface area (Å²) in [6, 6.07) is 0.773. The van der Waals surface area contributed by atoms with Crippen molar-refractivity contribution in [1.29, 1.82) is 0 Å². The zero-order valence-electron chi connectivity index (χ0n) is 12.0. The Hall–Kier alpha value is -0.0800. The molecule has 0 aromatic rings. The van der Waals surface area contributed by atoms with Crippen molar-refractivity contribution in [3.8, 4) is 0 Å². The topological polar surface area (TPSA) is 15.3 Å². The van der Waals surface area contributed by atoms with Crippen molar-refractivity contribution < 1.29 is 0 Å². The predicted octanol–water partition coefficient (Wildman–Crippen LogP) is 3.03. The highest BCUT2D eigenvalue weighted by atomic mass is 15.2. The van der Waals surface area contributed by atoms with Crippen molar-refractivity contribution in [2.75, 3.05) is 19.6 Å². The lowest BCUT2D eigenvalue weighted by Crippen LogP contribution is -2.63. The SMILES string of the molecule is CCC1CNC(C)(CC)CN1CC1CCCC1. The molecule has 2 rings (SSSR count). The smallest absolute Gasteiger partial charge is 0.0278 e. The Bertz CT molecular complexity index is 235. The van der Waals surface area contributed by atoms with Crippen molar-refractivity contribution in [3.05, 3.63) is 0 Å². The van der Waals surface area contributed by atoms with Crippen LogP contribution in [-0.2, 0) is 0 Å². The Morgan fingerprint density at radius 3 is 2.53 bits per heavy atom. The molecule has 2 fully saturated rings. The van der Waals surface area contributed by atoms with E-state index in [1.165, 1.54) is 58.2 Å². The van der Waals surface area contributed by atoms with Gasteiger partial charge in [-0.3, -0.25) is 4.90 Å². The van der Waals surface area contributed by atoms with Crippen LogP contribution in [-0.4, -0.2) is 36.1 Å². The van der Waals surface area contributed by atoms with Crippen LogP contribution in [0.1, 0.15) is 59.3 Å². The summed E-state index contributed by atoms with van der Waals surface area (Å²) in [7, 11) is 0. The number of hydrogen-bond acceptors (Lipinski definition) is 2. The molecule has 0 aromatic carbocycles. The number of nitrogens with one attached hydrogen (secondary N) is 1. The summed E-state index contributed by atoms with van der Waals surface area (Å²) in [5.74, 6) is 0.989. The number of piperazine rings is 1. The second-order valence-electron chi connectivity index (χ2n) is 6.44. The summed E-state index contributed by atoms with van der Waals surface area (Å²) >= 11 is 0. The predicted molar refractivity (Wildman–Crippen MR) is 74.3 cm³/mol. The van der Waals surface area contributed by atoms with Crippen LogP contribution < -0.4 is 5.32 Å². The first kappa shape index (κ1) is 13.4. The lowest BCUT2D eigenvalue weighted by molar-refractivity contribution is 0.0681. The molecule has 2 atom stereocenters. The van der Waals surface area contributed by atoms with Gasteiger partial charge in [-0.25, -0.2) is 0 Å². The van der Waals surface area contributed by atoms with Crippen molar-refractivity contribution >= 4 is 0 Å². The molecule has 1 N–H and O–H groups in total. The molecule has 1 aliphatic heterocycles. The maximum Gasteiger partial charge on any atom is 0.0278 e. The van der Waals surface area contributed by atoms with E-state index in [1.54, 1.807) is 0 Å². The maximum absolute atomic E-state index is 3.76. The van der Waals surface area contributed by atoms with E-state index in [1.807, 2.05) is 0 Å². The molecule has 2 aliphatic rings. The largest absolute Gasteiger partial charge is 0.309 e. The van der Waals surface area contributed by atoms with Crippen molar-refractivity contribution in [1.82, 2.24) is 10.2 Å². The maximum atomic E-state index is 3.76. The summed E-state index contributed by atoms with van der Waals surface area (Å²) < 4.78 is 0. The number of rotatable bonds is 4. The Labute approximate surface area is 107 Å². The molecule has 2 unspecified atom stereocenters. The molecule has 0 bridgehead atoms. The van der Waals surface area contributed by atoms with Gasteiger partial charge in [0.1, 0.15) is 0 Å². The van der Waals surface area contributed by atoms with E-state index in [0.29, 0.717) is 5.54 Å². The highest BCUT2D eigenvalue weighted by Gasteiger charge is 2.34. The van der Waals surface area contributed by atoms with Gasteiger partial charge in [0.2, 0.25) is 0 Å². The normalized spacial score (nSPS) is 36.5. The molecular formula is C15H30N2. The van der Waals surface area contributed by atoms with Crippen LogP contribution in [0.4, 0.5) is 0 Å². The van der Waals surface area contributed by atoms with Gasteiger partial charge in [-0.15, -0.1) is 0 Å². The molecule has 1 heterocycles. The highest BCUT2D eigenvalue weighted by Crippen LogP contribution is 2.28. The Balaban J connectivity index is 1.94. The molecule has 17 heavy (non-hydrogen) atoms. The summed E-state index contributed by atoms with van der Waals surface area (Å²) in [5.41, 5.74) is 0.351. The average Bonchev–Trinajstić information content (AvgIpc) is 2.82. The monoisotopic (exact) mass is 238 g/mol. The van der Waals surface area contributed by atoms with Gasteiger partial charge in [0, 0.05) is 31.2 Å². The third kappa shape index (κ3) is 3.23. The minimum absolute atomic E-state index is 0.351. The Kier molecular flexibility index (Phi) is 4.48. The van der Waals surface area contributed by atoms with Crippen LogP contribution in [0, 0.1) is 5.92 Å². The molecule has 100 valence electrons. The second kappa shape index (κ2) is 5.71. The van der Waals surface area contributed by atoms with Crippen molar-refractivity contribution in [2.24, 2.45) is 5.92 Å². The van der Waals surface area contributed by atoms with Gasteiger partial charge in [0.05, 0.1) is 0 Å². The number of nitrogens with zero attached hydrogens (tertiary/aromatic N) is 1. The van der Waals surface area contributed by atoms with E-state index in [2.05, 4.69) is 31.0 Å². The van der Waals surface area contributed by atoms with Crippen LogP contribution in [0.3, 0.4) is 0 Å². The molecule has 0 radical (unpaired) electrons. The van der Waals surface area contributed by atoms with Crippen LogP contribution in [0.5, 0.6) is 0 Å². The van der Waals surface area contributed by atoms with Gasteiger partial charge in [-0.1, -0.05) is 26.7 Å². The third-order valence-electron chi connectivity index (χ3n) is 5.05. The van der Waals surface area contributed by atoms with E-state index in [0.717, 1.165) is 12.0 Å². The quantitative estimate of drug-likeness (QED) is 0.810. The second-order valence-corrected chi connectivity index (χ2v) is 6.44. The van der Waals surface area contributed by atoms with Crippen LogP contribution >= 0.6 is 0 Å². The summed E-state index contributed by atoms with van der Waals surface area (Å²) in [5, 5.41) is 3.76. The third-order valence-corrected chi connectivity index (χ3v) is 5.05. The van der Waals surface area contributed by atoms with E-state index in [9.17, 15) is 0 Å². The number of hydrogen-bond donors (Lipinski definition) is 1. The highest BCUT2D eigenvalue weighted by molar-refractivity contribution is 4.94. The standard InChI is InChI=1S/C15H30N2/c1-4-14-10-16-15(3,5-2)12-17(14)11-13-8-6-7-9-13/h13-14,16H,4-12H2,1-3H3. The molecule has 2 heteroatoms. The van der Waals surface area contributed by atoms with Crippen LogP contribution in [0.2, 0.25) is 0 Å². The molecule has 1 saturated carbocycles. The molecular weight excluding hydrogens is 208 g/mol. The first-order valence-corrected chi connectivity index (χ1v) is 7.66. The minimum Gasteiger partial charge on any atom is -0.309 e. The first-order valence-electron chi connectivity index (χ1n) is 7.66. The molecule has 1 saturated heterocycles. The van der Waals surface area contributed by atoms with Gasteiger partial charge in [0.25, 0.3) is 0 Å². The first-order chi connectivity index (χ1) is 8.17. The molecule has 1 aliphatic carbocycles. The van der Waals surface area contributed by atoms with E-state index >= 15 is 0 Å². The Morgan fingerprint density at radius 2 is 1.94 bits per heavy atom. The zero-order valence-corrected chi connectivity index (χ0v) is 12.0. The fourth-order valence-corrected chi connectivity index (χ4v) is 3.50. The van der Waals surface area contributed by atoms with E-state index in [-0.39, 0.29) is 0 Å². The molecule has 2 nitrogen and oxygen atoms in total. The fourth-order valence-electron chi connectivity index (χ4n) is 3.50. The van der Waals surface area contributed by atoms with Gasteiger partial charge in [-0.05, 0) is 38.5 Å². The minimum atomic E-state index is 0.351. The van der Waals surface area contributed by atoms with E-state index in [4.69, 9.17) is 0 Å². The molecule has 0 spiro atoms. The Morgan fingerprint density at radius 1 is 1.24 bits per heavy atom. The van der Waals surface area contributed by atoms with Gasteiger partial charge < -0.3 is 5.32 Å². The summed E-state index contributed by atoms with van der Waals surface area (Å²) in [6.45, 7) is 10.8. The lowest BCUT2D eigenvalue weighted by Gasteiger charge is -2.46. The average molecular weight is 238 g/mol. The van der Waals surface area contributed by atoms with Gasteiger partial charge in [0.15, 0.2) is 0 Å². The molecule has 0 aromatic heterocycles.